The van der Waals surface area contributed by atoms with Crippen LogP contribution in [0.2, 0.25) is 0 Å². The molecule has 3 rings (SSSR count). The summed E-state index contributed by atoms with van der Waals surface area (Å²) in [7, 11) is 0. The van der Waals surface area contributed by atoms with Gasteiger partial charge in [0.2, 0.25) is 17.7 Å². The first kappa shape index (κ1) is 18.2. The number of fused-ring (bicyclic) bond motifs is 1. The second kappa shape index (κ2) is 8.22. The van der Waals surface area contributed by atoms with Crippen LogP contribution in [0.5, 0.6) is 11.5 Å². The number of nitrogens with one attached hydrogen (secondary N) is 3. The number of anilines is 3. The van der Waals surface area contributed by atoms with Crippen LogP contribution in [0.3, 0.4) is 0 Å². The molecule has 8 nitrogen and oxygen atoms in total. The SMILES string of the molecule is CC(=O)Nc1ccc(NC(=O)CC(=O)Nc2ccc3c(c2)OCCO3)cc1. The van der Waals surface area contributed by atoms with Crippen LogP contribution < -0.4 is 25.4 Å². The highest BCUT2D eigenvalue weighted by Gasteiger charge is 2.14. The number of benzene rings is 2. The molecule has 0 unspecified atom stereocenters. The van der Waals surface area contributed by atoms with Crippen molar-refractivity contribution in [3.63, 3.8) is 0 Å². The maximum absolute atomic E-state index is 12.1. The molecule has 1 aliphatic heterocycles. The zero-order valence-electron chi connectivity index (χ0n) is 14.7. The number of carbonyl (C=O) groups excluding carboxylic acids is 3. The predicted octanol–water partition coefficient (Wildman–Crippen LogP) is 2.38. The Morgan fingerprint density at radius 3 is 1.93 bits per heavy atom. The van der Waals surface area contributed by atoms with Gasteiger partial charge >= 0.3 is 0 Å². The van der Waals surface area contributed by atoms with E-state index in [9.17, 15) is 14.4 Å². The summed E-state index contributed by atoms with van der Waals surface area (Å²) in [4.78, 5) is 35.1. The average molecular weight is 369 g/mol. The summed E-state index contributed by atoms with van der Waals surface area (Å²) in [5.74, 6) is 0.112. The number of rotatable bonds is 5. The molecule has 140 valence electrons. The van der Waals surface area contributed by atoms with Gasteiger partial charge in [-0.25, -0.2) is 0 Å². The molecule has 0 aromatic heterocycles. The molecule has 3 N–H and O–H groups in total. The minimum Gasteiger partial charge on any atom is -0.486 e. The summed E-state index contributed by atoms with van der Waals surface area (Å²) < 4.78 is 10.9. The third-order valence-electron chi connectivity index (χ3n) is 3.64. The summed E-state index contributed by atoms with van der Waals surface area (Å²) in [5, 5.41) is 7.92. The average Bonchev–Trinajstić information content (AvgIpc) is 2.62. The van der Waals surface area contributed by atoms with Crippen molar-refractivity contribution in [3.05, 3.63) is 42.5 Å². The fourth-order valence-electron chi connectivity index (χ4n) is 2.52. The molecule has 2 aromatic carbocycles. The van der Waals surface area contributed by atoms with Crippen molar-refractivity contribution in [3.8, 4) is 11.5 Å². The number of amides is 3. The highest BCUT2D eigenvalue weighted by molar-refractivity contribution is 6.08. The fourth-order valence-corrected chi connectivity index (χ4v) is 2.52. The van der Waals surface area contributed by atoms with E-state index in [2.05, 4.69) is 16.0 Å². The highest BCUT2D eigenvalue weighted by Crippen LogP contribution is 2.32. The Morgan fingerprint density at radius 2 is 1.30 bits per heavy atom. The van der Waals surface area contributed by atoms with E-state index in [-0.39, 0.29) is 12.3 Å². The zero-order chi connectivity index (χ0) is 19.2. The van der Waals surface area contributed by atoms with Gasteiger partial charge in [0.25, 0.3) is 0 Å². The fraction of sp³-hybridized carbons (Fsp3) is 0.211. The summed E-state index contributed by atoms with van der Waals surface area (Å²) in [6.45, 7) is 2.36. The molecule has 0 fully saturated rings. The molecule has 8 heteroatoms. The second-order valence-electron chi connectivity index (χ2n) is 5.89. The van der Waals surface area contributed by atoms with Crippen molar-refractivity contribution in [1.82, 2.24) is 0 Å². The maximum atomic E-state index is 12.1. The van der Waals surface area contributed by atoms with Crippen molar-refractivity contribution >= 4 is 34.8 Å². The molecule has 0 saturated heterocycles. The van der Waals surface area contributed by atoms with Gasteiger partial charge in [-0.15, -0.1) is 0 Å². The van der Waals surface area contributed by atoms with Gasteiger partial charge in [0.15, 0.2) is 11.5 Å². The van der Waals surface area contributed by atoms with Crippen molar-refractivity contribution < 1.29 is 23.9 Å². The summed E-state index contributed by atoms with van der Waals surface area (Å²) >= 11 is 0. The molecular formula is C19H19N3O5. The molecule has 1 heterocycles. The van der Waals surface area contributed by atoms with Crippen molar-refractivity contribution in [2.24, 2.45) is 0 Å². The quantitative estimate of drug-likeness (QED) is 0.702. The first-order valence-corrected chi connectivity index (χ1v) is 8.36. The van der Waals surface area contributed by atoms with Gasteiger partial charge in [-0.1, -0.05) is 0 Å². The Hall–Kier alpha value is -3.55. The lowest BCUT2D eigenvalue weighted by Gasteiger charge is -2.19. The summed E-state index contributed by atoms with van der Waals surface area (Å²) in [6.07, 6.45) is -0.331. The van der Waals surface area contributed by atoms with E-state index in [0.717, 1.165) is 0 Å². The van der Waals surface area contributed by atoms with Gasteiger partial charge in [0, 0.05) is 30.1 Å². The van der Waals surface area contributed by atoms with E-state index >= 15 is 0 Å². The van der Waals surface area contributed by atoms with Gasteiger partial charge < -0.3 is 25.4 Å². The first-order chi connectivity index (χ1) is 13.0. The topological polar surface area (TPSA) is 106 Å². The minimum atomic E-state index is -0.447. The van der Waals surface area contributed by atoms with Gasteiger partial charge in [-0.05, 0) is 36.4 Å². The third-order valence-corrected chi connectivity index (χ3v) is 3.64. The molecule has 1 aliphatic rings. The highest BCUT2D eigenvalue weighted by atomic mass is 16.6. The van der Waals surface area contributed by atoms with Crippen molar-refractivity contribution in [2.75, 3.05) is 29.2 Å². The van der Waals surface area contributed by atoms with Crippen LogP contribution >= 0.6 is 0 Å². The molecule has 0 radical (unpaired) electrons. The number of carbonyl (C=O) groups is 3. The molecular weight excluding hydrogens is 350 g/mol. The molecule has 0 saturated carbocycles. The van der Waals surface area contributed by atoms with E-state index in [1.807, 2.05) is 0 Å². The van der Waals surface area contributed by atoms with Crippen LogP contribution in [0.25, 0.3) is 0 Å². The Balaban J connectivity index is 1.51. The smallest absolute Gasteiger partial charge is 0.233 e. The molecule has 2 aromatic rings. The summed E-state index contributed by atoms with van der Waals surface area (Å²) in [5.41, 5.74) is 1.68. The van der Waals surface area contributed by atoms with Gasteiger partial charge in [-0.3, -0.25) is 14.4 Å². The van der Waals surface area contributed by atoms with Crippen LogP contribution in [0, 0.1) is 0 Å². The van der Waals surface area contributed by atoms with Gasteiger partial charge in [0.1, 0.15) is 19.6 Å². The van der Waals surface area contributed by atoms with E-state index in [1.165, 1.54) is 6.92 Å². The largest absolute Gasteiger partial charge is 0.486 e. The normalized spacial score (nSPS) is 12.0. The molecule has 3 amide bonds. The lowest BCUT2D eigenvalue weighted by molar-refractivity contribution is -0.123. The first-order valence-electron chi connectivity index (χ1n) is 8.36. The van der Waals surface area contributed by atoms with Crippen LogP contribution in [-0.2, 0) is 14.4 Å². The molecule has 0 bridgehead atoms. The number of hydrogen-bond acceptors (Lipinski definition) is 5. The Kier molecular flexibility index (Phi) is 5.55. The maximum Gasteiger partial charge on any atom is 0.233 e. The van der Waals surface area contributed by atoms with Crippen LogP contribution in [0.15, 0.2) is 42.5 Å². The van der Waals surface area contributed by atoms with Crippen molar-refractivity contribution in [1.29, 1.82) is 0 Å². The Morgan fingerprint density at radius 1 is 0.778 bits per heavy atom. The third kappa shape index (κ3) is 5.21. The number of hydrogen-bond donors (Lipinski definition) is 3. The van der Waals surface area contributed by atoms with E-state index in [0.29, 0.717) is 41.8 Å². The van der Waals surface area contributed by atoms with Gasteiger partial charge in [-0.2, -0.15) is 0 Å². The van der Waals surface area contributed by atoms with E-state index in [4.69, 9.17) is 9.47 Å². The summed E-state index contributed by atoms with van der Waals surface area (Å²) in [6, 6.07) is 11.7. The Labute approximate surface area is 155 Å². The number of ether oxygens (including phenoxy) is 2. The lowest BCUT2D eigenvalue weighted by atomic mass is 10.2. The molecule has 0 spiro atoms. The standard InChI is InChI=1S/C19H19N3O5/c1-12(23)20-13-2-4-14(5-3-13)21-18(24)11-19(25)22-15-6-7-16-17(10-15)27-9-8-26-16/h2-7,10H,8-9,11H2,1H3,(H,20,23)(H,21,24)(H,22,25). The van der Waals surface area contributed by atoms with E-state index in [1.54, 1.807) is 42.5 Å². The lowest BCUT2D eigenvalue weighted by Crippen LogP contribution is -2.21. The molecule has 27 heavy (non-hydrogen) atoms. The second-order valence-corrected chi connectivity index (χ2v) is 5.89. The molecule has 0 aliphatic carbocycles. The van der Waals surface area contributed by atoms with Crippen LogP contribution in [0.1, 0.15) is 13.3 Å². The molecule has 0 atom stereocenters. The van der Waals surface area contributed by atoms with Crippen LogP contribution in [-0.4, -0.2) is 30.9 Å². The van der Waals surface area contributed by atoms with Gasteiger partial charge in [0.05, 0.1) is 0 Å². The monoisotopic (exact) mass is 369 g/mol. The van der Waals surface area contributed by atoms with E-state index < -0.39 is 11.8 Å². The van der Waals surface area contributed by atoms with Crippen LogP contribution in [0.4, 0.5) is 17.1 Å². The van der Waals surface area contributed by atoms with Crippen molar-refractivity contribution in [2.45, 2.75) is 13.3 Å². The Bertz CT molecular complexity index is 864. The zero-order valence-corrected chi connectivity index (χ0v) is 14.7. The predicted molar refractivity (Wildman–Crippen MR) is 100 cm³/mol. The minimum absolute atomic E-state index is 0.178.